The Balaban J connectivity index is 2.49. The summed E-state index contributed by atoms with van der Waals surface area (Å²) in [5.74, 6) is -1.45. The Kier molecular flexibility index (Phi) is 3.43. The lowest BCUT2D eigenvalue weighted by Crippen LogP contribution is -2.27. The molecule has 0 heterocycles. The van der Waals surface area contributed by atoms with Crippen molar-refractivity contribution in [3.05, 3.63) is 48.0 Å². The Hall–Kier alpha value is -2.09. The Morgan fingerprint density at radius 2 is 1.65 bits per heavy atom. The van der Waals surface area contributed by atoms with Gasteiger partial charge < -0.3 is 5.11 Å². The molecule has 0 fully saturated rings. The molecule has 0 aromatic heterocycles. The molecule has 0 unspecified atom stereocenters. The minimum Gasteiger partial charge on any atom is -0.858 e. The molecule has 4 nitrogen and oxygen atoms in total. The summed E-state index contributed by atoms with van der Waals surface area (Å²) >= 11 is 0. The molecule has 0 aliphatic rings. The zero-order valence-electron chi connectivity index (χ0n) is 9.76. The van der Waals surface area contributed by atoms with Crippen LogP contribution in [0.4, 0.5) is 13.2 Å². The van der Waals surface area contributed by atoms with E-state index in [-0.39, 0.29) is 5.56 Å². The van der Waals surface area contributed by atoms with Gasteiger partial charge in [0.2, 0.25) is 0 Å². The molecule has 0 saturated carbocycles. The van der Waals surface area contributed by atoms with Crippen molar-refractivity contribution in [2.45, 2.75) is 5.51 Å². The van der Waals surface area contributed by atoms with E-state index in [0.29, 0.717) is 5.39 Å². The molecule has 0 spiro atoms. The maximum atomic E-state index is 12.1. The molecule has 0 amide bonds. The number of nitrogens with zero attached hydrogens (tertiary/aromatic N) is 1. The molecule has 8 heteroatoms. The van der Waals surface area contributed by atoms with Crippen molar-refractivity contribution in [1.29, 1.82) is 0 Å². The van der Waals surface area contributed by atoms with E-state index >= 15 is 0 Å². The lowest BCUT2D eigenvalue weighted by Gasteiger charge is -2.12. The summed E-state index contributed by atoms with van der Waals surface area (Å²) in [6, 6.07) is 10.8. The fourth-order valence-corrected chi connectivity index (χ4v) is 1.96. The quantitative estimate of drug-likeness (QED) is 0.627. The summed E-state index contributed by atoms with van der Waals surface area (Å²) in [7, 11) is -5.82. The van der Waals surface area contributed by atoms with Gasteiger partial charge in [0.1, 0.15) is 0 Å². The van der Waals surface area contributed by atoms with Gasteiger partial charge in [0.25, 0.3) is 0 Å². The molecule has 0 saturated heterocycles. The van der Waals surface area contributed by atoms with Crippen LogP contribution in [-0.2, 0) is 10.0 Å². The van der Waals surface area contributed by atoms with E-state index in [0.717, 1.165) is 5.39 Å². The predicted molar refractivity (Wildman–Crippen MR) is 65.5 cm³/mol. The lowest BCUT2D eigenvalue weighted by atomic mass is 10.1. The van der Waals surface area contributed by atoms with Crippen LogP contribution >= 0.6 is 0 Å². The number of alkyl halides is 3. The van der Waals surface area contributed by atoms with E-state index in [1.54, 1.807) is 24.3 Å². The van der Waals surface area contributed by atoms with Crippen LogP contribution in [0.2, 0.25) is 0 Å². The number of benzene rings is 2. The number of sulfonamides is 1. The Labute approximate surface area is 112 Å². The van der Waals surface area contributed by atoms with Gasteiger partial charge in [0.15, 0.2) is 0 Å². The first-order chi connectivity index (χ1) is 9.21. The highest BCUT2D eigenvalue weighted by Crippen LogP contribution is 2.25. The summed E-state index contributed by atoms with van der Waals surface area (Å²) in [6.07, 6.45) is 0. The molecule has 106 valence electrons. The molecule has 0 atom stereocenters. The van der Waals surface area contributed by atoms with E-state index in [9.17, 15) is 26.7 Å². The number of hydrogen-bond donors (Lipinski definition) is 0. The molecule has 2 aromatic carbocycles. The minimum absolute atomic E-state index is 0.225. The fourth-order valence-electron chi connectivity index (χ4n) is 1.54. The molecule has 0 radical (unpaired) electrons. The average molecular weight is 302 g/mol. The van der Waals surface area contributed by atoms with Crippen LogP contribution in [0.1, 0.15) is 5.56 Å². The summed E-state index contributed by atoms with van der Waals surface area (Å²) < 4.78 is 60.2. The molecule has 0 N–H and O–H groups in total. The van der Waals surface area contributed by atoms with Gasteiger partial charge in [-0.3, -0.25) is 0 Å². The van der Waals surface area contributed by atoms with Crippen LogP contribution in [-0.4, -0.2) is 19.8 Å². The van der Waals surface area contributed by atoms with Crippen LogP contribution in [0.5, 0.6) is 0 Å². The molecule has 0 aliphatic heterocycles. The second-order valence-corrected chi connectivity index (χ2v) is 5.47. The third kappa shape index (κ3) is 2.74. The summed E-state index contributed by atoms with van der Waals surface area (Å²) in [5.41, 5.74) is -5.81. The number of rotatable bonds is 2. The fraction of sp³-hybridized carbons (Fsp3) is 0.0833. The van der Waals surface area contributed by atoms with Crippen molar-refractivity contribution >= 4 is 26.7 Å². The van der Waals surface area contributed by atoms with Crippen LogP contribution < -0.4 is 5.11 Å². The van der Waals surface area contributed by atoms with Gasteiger partial charge >= 0.3 is 15.5 Å². The Bertz CT molecular complexity index is 782. The van der Waals surface area contributed by atoms with Crippen LogP contribution in [0.15, 0.2) is 46.9 Å². The lowest BCUT2D eigenvalue weighted by molar-refractivity contribution is -0.212. The summed E-state index contributed by atoms with van der Waals surface area (Å²) in [6.45, 7) is 0. The van der Waals surface area contributed by atoms with Gasteiger partial charge in [-0.15, -0.1) is 0 Å². The van der Waals surface area contributed by atoms with Crippen LogP contribution in [0.3, 0.4) is 0 Å². The van der Waals surface area contributed by atoms with Gasteiger partial charge in [-0.25, -0.2) is 0 Å². The molecular weight excluding hydrogens is 295 g/mol. The van der Waals surface area contributed by atoms with E-state index in [1.807, 2.05) is 0 Å². The third-order valence-electron chi connectivity index (χ3n) is 2.49. The van der Waals surface area contributed by atoms with E-state index in [1.165, 1.54) is 18.2 Å². The summed E-state index contributed by atoms with van der Waals surface area (Å²) in [4.78, 5) is 0. The van der Waals surface area contributed by atoms with Crippen molar-refractivity contribution in [1.82, 2.24) is 0 Å². The topological polar surface area (TPSA) is 69.6 Å². The van der Waals surface area contributed by atoms with Crippen molar-refractivity contribution in [3.63, 3.8) is 0 Å². The molecule has 2 rings (SSSR count). The highest BCUT2D eigenvalue weighted by Gasteiger charge is 2.45. The van der Waals surface area contributed by atoms with Gasteiger partial charge in [0, 0.05) is 5.90 Å². The second-order valence-electron chi connectivity index (χ2n) is 3.88. The Morgan fingerprint density at radius 3 is 2.25 bits per heavy atom. The van der Waals surface area contributed by atoms with Crippen LogP contribution in [0.25, 0.3) is 10.8 Å². The first kappa shape index (κ1) is 14.3. The normalized spacial score (nSPS) is 13.7. The van der Waals surface area contributed by atoms with Crippen molar-refractivity contribution in [2.24, 2.45) is 4.40 Å². The number of fused-ring (bicyclic) bond motifs is 1. The third-order valence-corrected chi connectivity index (χ3v) is 3.48. The highest BCUT2D eigenvalue weighted by molar-refractivity contribution is 7.91. The smallest absolute Gasteiger partial charge is 0.518 e. The molecule has 20 heavy (non-hydrogen) atoms. The van der Waals surface area contributed by atoms with Crippen molar-refractivity contribution in [3.8, 4) is 0 Å². The maximum absolute atomic E-state index is 12.1. The molecule has 2 aromatic rings. The second kappa shape index (κ2) is 4.78. The maximum Gasteiger partial charge on any atom is 0.518 e. The molecule has 0 aliphatic carbocycles. The van der Waals surface area contributed by atoms with Gasteiger partial charge in [-0.05, 0) is 22.4 Å². The largest absolute Gasteiger partial charge is 0.858 e. The zero-order valence-corrected chi connectivity index (χ0v) is 10.6. The predicted octanol–water partition coefficient (Wildman–Crippen LogP) is 1.80. The van der Waals surface area contributed by atoms with Crippen molar-refractivity contribution < 1.29 is 26.7 Å². The minimum atomic E-state index is -5.82. The summed E-state index contributed by atoms with van der Waals surface area (Å²) in [5, 5.41) is 12.9. The van der Waals surface area contributed by atoms with E-state index < -0.39 is 21.4 Å². The molecule has 0 bridgehead atoms. The van der Waals surface area contributed by atoms with Crippen LogP contribution in [0, 0.1) is 0 Å². The van der Waals surface area contributed by atoms with Gasteiger partial charge in [-0.1, -0.05) is 36.4 Å². The zero-order chi connectivity index (χ0) is 15.0. The van der Waals surface area contributed by atoms with E-state index in [4.69, 9.17) is 0 Å². The Morgan fingerprint density at radius 1 is 1.05 bits per heavy atom. The van der Waals surface area contributed by atoms with E-state index in [2.05, 4.69) is 4.40 Å². The SMILES string of the molecule is O=S(=O)(/N=C(\[O-])c1ccc2ccccc2c1)C(F)(F)F. The van der Waals surface area contributed by atoms with Gasteiger partial charge in [0.05, 0.1) is 0 Å². The average Bonchev–Trinajstić information content (AvgIpc) is 2.36. The number of halogens is 3. The monoisotopic (exact) mass is 302 g/mol. The first-order valence-electron chi connectivity index (χ1n) is 5.28. The highest BCUT2D eigenvalue weighted by atomic mass is 32.2. The number of hydrogen-bond acceptors (Lipinski definition) is 3. The van der Waals surface area contributed by atoms with Gasteiger partial charge in [-0.2, -0.15) is 26.0 Å². The first-order valence-corrected chi connectivity index (χ1v) is 6.72. The molecular formula is C12H7F3NO3S-. The van der Waals surface area contributed by atoms with Crippen molar-refractivity contribution in [2.75, 3.05) is 0 Å². The standard InChI is InChI=1S/C12H8F3NO3S/c13-12(14,15)20(18,19)16-11(17)10-6-5-8-3-1-2-4-9(8)7-10/h1-7H,(H,16,17)/p-1.